The van der Waals surface area contributed by atoms with Gasteiger partial charge in [0.25, 0.3) is 0 Å². The van der Waals surface area contributed by atoms with Gasteiger partial charge in [0.15, 0.2) is 0 Å². The van der Waals surface area contributed by atoms with Crippen molar-refractivity contribution in [2.45, 2.75) is 6.42 Å². The molecule has 2 nitrogen and oxygen atoms in total. The smallest absolute Gasteiger partial charge is 0.119 e. The third-order valence-corrected chi connectivity index (χ3v) is 2.56. The van der Waals surface area contributed by atoms with Crippen LogP contribution in [-0.2, 0) is 6.42 Å². The molecule has 2 rings (SSSR count). The van der Waals surface area contributed by atoms with Crippen molar-refractivity contribution in [3.05, 3.63) is 65.7 Å². The van der Waals surface area contributed by atoms with Crippen molar-refractivity contribution in [1.82, 2.24) is 0 Å². The molecule has 0 unspecified atom stereocenters. The van der Waals surface area contributed by atoms with E-state index in [9.17, 15) is 0 Å². The first kappa shape index (κ1) is 14.6. The molecule has 0 aliphatic rings. The molecule has 0 aromatic heterocycles. The third kappa shape index (κ3) is 4.40. The van der Waals surface area contributed by atoms with Gasteiger partial charge in [0.05, 0.1) is 0 Å². The lowest BCUT2D eigenvalue weighted by Gasteiger charge is -2.06. The molecule has 0 aliphatic heterocycles. The highest BCUT2D eigenvalue weighted by atomic mass is 35.5. The molecule has 0 amide bonds. The molecule has 0 aliphatic carbocycles. The van der Waals surface area contributed by atoms with E-state index >= 15 is 0 Å². The number of hydrogen-bond donors (Lipinski definition) is 1. The molecule has 2 aromatic rings. The summed E-state index contributed by atoms with van der Waals surface area (Å²) in [6.45, 7) is 1.11. The van der Waals surface area contributed by atoms with Crippen molar-refractivity contribution in [3.8, 4) is 5.75 Å². The molecule has 3 heteroatoms. The summed E-state index contributed by atoms with van der Waals surface area (Å²) in [6, 6.07) is 18.6. The normalized spacial score (nSPS) is 9.61. The summed E-state index contributed by atoms with van der Waals surface area (Å²) >= 11 is 0. The maximum Gasteiger partial charge on any atom is 0.119 e. The molecule has 0 atom stereocenters. The van der Waals surface area contributed by atoms with E-state index in [4.69, 9.17) is 10.5 Å². The fourth-order valence-corrected chi connectivity index (χ4v) is 1.71. The summed E-state index contributed by atoms with van der Waals surface area (Å²) in [5, 5.41) is 0. The highest BCUT2D eigenvalue weighted by molar-refractivity contribution is 5.85. The van der Waals surface area contributed by atoms with Gasteiger partial charge in [-0.3, -0.25) is 0 Å². The summed E-state index contributed by atoms with van der Waals surface area (Å²) in [7, 11) is 0. The van der Waals surface area contributed by atoms with Gasteiger partial charge in [-0.2, -0.15) is 0 Å². The van der Waals surface area contributed by atoms with Gasteiger partial charge in [0.2, 0.25) is 0 Å². The molecule has 0 fully saturated rings. The van der Waals surface area contributed by atoms with E-state index in [1.807, 2.05) is 18.2 Å². The zero-order valence-electron chi connectivity index (χ0n) is 10.2. The SMILES string of the molecule is Cl.NCCOc1ccc(Cc2ccccc2)cc1. The van der Waals surface area contributed by atoms with Crippen molar-refractivity contribution >= 4 is 12.4 Å². The lowest BCUT2D eigenvalue weighted by molar-refractivity contribution is 0.328. The molecule has 96 valence electrons. The minimum Gasteiger partial charge on any atom is -0.492 e. The number of halogens is 1. The molecule has 2 aromatic carbocycles. The number of hydrogen-bond acceptors (Lipinski definition) is 2. The van der Waals surface area contributed by atoms with Crippen LogP contribution in [0.2, 0.25) is 0 Å². The average Bonchev–Trinajstić information content (AvgIpc) is 2.39. The zero-order valence-corrected chi connectivity index (χ0v) is 11.0. The van der Waals surface area contributed by atoms with E-state index in [2.05, 4.69) is 36.4 Å². The standard InChI is InChI=1S/C15H17NO.ClH/c16-10-11-17-15-8-6-14(7-9-15)12-13-4-2-1-3-5-13;/h1-9H,10-12,16H2;1H. The van der Waals surface area contributed by atoms with Crippen LogP contribution in [0.15, 0.2) is 54.6 Å². The van der Waals surface area contributed by atoms with Crippen LogP contribution in [0.5, 0.6) is 5.75 Å². The Labute approximate surface area is 114 Å². The Morgan fingerprint density at radius 1 is 0.833 bits per heavy atom. The molecular formula is C15H18ClNO. The lowest BCUT2D eigenvalue weighted by Crippen LogP contribution is -2.10. The van der Waals surface area contributed by atoms with Crippen LogP contribution < -0.4 is 10.5 Å². The summed E-state index contributed by atoms with van der Waals surface area (Å²) in [5.74, 6) is 0.882. The van der Waals surface area contributed by atoms with Crippen LogP contribution in [0.3, 0.4) is 0 Å². The largest absolute Gasteiger partial charge is 0.492 e. The summed E-state index contributed by atoms with van der Waals surface area (Å²) in [5.41, 5.74) is 7.99. The Morgan fingerprint density at radius 3 is 2.06 bits per heavy atom. The first-order valence-electron chi connectivity index (χ1n) is 5.84. The number of rotatable bonds is 5. The molecule has 18 heavy (non-hydrogen) atoms. The Kier molecular flexibility index (Phi) is 6.26. The predicted molar refractivity (Wildman–Crippen MR) is 77.5 cm³/mol. The number of benzene rings is 2. The van der Waals surface area contributed by atoms with Gasteiger partial charge in [-0.25, -0.2) is 0 Å². The van der Waals surface area contributed by atoms with Crippen molar-refractivity contribution in [3.63, 3.8) is 0 Å². The van der Waals surface area contributed by atoms with E-state index in [0.717, 1.165) is 12.2 Å². The Hall–Kier alpha value is -1.51. The second-order valence-corrected chi connectivity index (χ2v) is 3.94. The first-order chi connectivity index (χ1) is 8.38. The van der Waals surface area contributed by atoms with Crippen LogP contribution >= 0.6 is 12.4 Å². The maximum absolute atomic E-state index is 5.44. The van der Waals surface area contributed by atoms with E-state index in [1.165, 1.54) is 11.1 Å². The summed E-state index contributed by atoms with van der Waals surface area (Å²) in [6.07, 6.45) is 0.956. The number of nitrogens with two attached hydrogens (primary N) is 1. The average molecular weight is 264 g/mol. The van der Waals surface area contributed by atoms with Gasteiger partial charge in [-0.1, -0.05) is 42.5 Å². The van der Waals surface area contributed by atoms with E-state index < -0.39 is 0 Å². The molecule has 0 saturated heterocycles. The highest BCUT2D eigenvalue weighted by Crippen LogP contribution is 2.15. The fraction of sp³-hybridized carbons (Fsp3) is 0.200. The molecule has 2 N–H and O–H groups in total. The minimum absolute atomic E-state index is 0. The first-order valence-corrected chi connectivity index (χ1v) is 5.84. The van der Waals surface area contributed by atoms with Crippen molar-refractivity contribution in [2.75, 3.05) is 13.2 Å². The van der Waals surface area contributed by atoms with Crippen LogP contribution in [0.1, 0.15) is 11.1 Å². The molecule has 0 saturated carbocycles. The van der Waals surface area contributed by atoms with Crippen LogP contribution in [0.4, 0.5) is 0 Å². The van der Waals surface area contributed by atoms with E-state index in [-0.39, 0.29) is 12.4 Å². The maximum atomic E-state index is 5.44. The van der Waals surface area contributed by atoms with Crippen LogP contribution in [0, 0.1) is 0 Å². The Morgan fingerprint density at radius 2 is 1.44 bits per heavy atom. The predicted octanol–water partition coefficient (Wildman–Crippen LogP) is 3.04. The van der Waals surface area contributed by atoms with E-state index in [0.29, 0.717) is 13.2 Å². The van der Waals surface area contributed by atoms with Gasteiger partial charge in [-0.15, -0.1) is 12.4 Å². The number of ether oxygens (including phenoxy) is 1. The topological polar surface area (TPSA) is 35.2 Å². The van der Waals surface area contributed by atoms with Gasteiger partial charge < -0.3 is 10.5 Å². The van der Waals surface area contributed by atoms with Crippen molar-refractivity contribution < 1.29 is 4.74 Å². The van der Waals surface area contributed by atoms with Crippen molar-refractivity contribution in [2.24, 2.45) is 5.73 Å². The zero-order chi connectivity index (χ0) is 11.9. The van der Waals surface area contributed by atoms with Crippen molar-refractivity contribution in [1.29, 1.82) is 0 Å². The summed E-state index contributed by atoms with van der Waals surface area (Å²) < 4.78 is 5.44. The second kappa shape index (κ2) is 7.75. The molecule has 0 bridgehead atoms. The quantitative estimate of drug-likeness (QED) is 0.900. The summed E-state index contributed by atoms with van der Waals surface area (Å²) in [4.78, 5) is 0. The van der Waals surface area contributed by atoms with Crippen LogP contribution in [-0.4, -0.2) is 13.2 Å². The highest BCUT2D eigenvalue weighted by Gasteiger charge is 1.97. The van der Waals surface area contributed by atoms with E-state index in [1.54, 1.807) is 0 Å². The fourth-order valence-electron chi connectivity index (χ4n) is 1.71. The Balaban J connectivity index is 0.00000162. The van der Waals surface area contributed by atoms with Gasteiger partial charge in [0, 0.05) is 6.54 Å². The molecule has 0 spiro atoms. The molecule has 0 radical (unpaired) electrons. The Bertz CT molecular complexity index is 442. The van der Waals surface area contributed by atoms with Gasteiger partial charge in [-0.05, 0) is 29.7 Å². The van der Waals surface area contributed by atoms with Gasteiger partial charge >= 0.3 is 0 Å². The van der Waals surface area contributed by atoms with Crippen LogP contribution in [0.25, 0.3) is 0 Å². The molecule has 0 heterocycles. The van der Waals surface area contributed by atoms with Gasteiger partial charge in [0.1, 0.15) is 12.4 Å². The third-order valence-electron chi connectivity index (χ3n) is 2.56. The molecular weight excluding hydrogens is 246 g/mol. The lowest BCUT2D eigenvalue weighted by atomic mass is 10.1. The minimum atomic E-state index is 0. The monoisotopic (exact) mass is 263 g/mol. The second-order valence-electron chi connectivity index (χ2n) is 3.94.